The summed E-state index contributed by atoms with van der Waals surface area (Å²) in [6.07, 6.45) is -5.38. The topological polar surface area (TPSA) is 218 Å². The van der Waals surface area contributed by atoms with Crippen LogP contribution in [0.1, 0.15) is 5.56 Å². The Morgan fingerprint density at radius 2 is 1.68 bits per heavy atom. The lowest BCUT2D eigenvalue weighted by atomic mass is 9.89. The monoisotopic (exact) mass is 563 g/mol. The molecule has 1 fully saturated rings. The zero-order chi connectivity index (χ0) is 28.9. The second-order valence-electron chi connectivity index (χ2n) is 9.10. The van der Waals surface area contributed by atoms with Gasteiger partial charge in [0, 0.05) is 29.4 Å². The normalized spacial score (nSPS) is 29.3. The highest BCUT2D eigenvalue weighted by atomic mass is 16.7. The van der Waals surface area contributed by atoms with Gasteiger partial charge in [0.15, 0.2) is 29.1 Å². The number of hydrogen-bond donors (Lipinski definition) is 7. The first-order chi connectivity index (χ1) is 19.1. The van der Waals surface area contributed by atoms with Gasteiger partial charge >= 0.3 is 5.97 Å². The van der Waals surface area contributed by atoms with Gasteiger partial charge in [-0.1, -0.05) is 0 Å². The summed E-state index contributed by atoms with van der Waals surface area (Å²) < 4.78 is 33.8. The zero-order valence-electron chi connectivity index (χ0n) is 21.1. The van der Waals surface area contributed by atoms with E-state index in [2.05, 4.69) is 0 Å². The molecule has 14 heteroatoms. The second kappa shape index (κ2) is 10.4. The minimum Gasteiger partial charge on any atom is -0.508 e. The minimum absolute atomic E-state index is 0.00656. The van der Waals surface area contributed by atoms with Crippen molar-refractivity contribution >= 4 is 11.7 Å². The molecule has 3 aliphatic heterocycles. The van der Waals surface area contributed by atoms with Crippen LogP contribution in [0.5, 0.6) is 17.2 Å². The summed E-state index contributed by atoms with van der Waals surface area (Å²) in [6.45, 7) is -0.711. The van der Waals surface area contributed by atoms with Crippen molar-refractivity contribution in [2.24, 2.45) is 0 Å². The predicted molar refractivity (Wildman–Crippen MR) is 132 cm³/mol. The maximum atomic E-state index is 10.7. The Labute approximate surface area is 226 Å². The summed E-state index contributed by atoms with van der Waals surface area (Å²) in [7, 11) is 2.62. The molecule has 1 aromatic rings. The van der Waals surface area contributed by atoms with E-state index in [1.54, 1.807) is 0 Å². The molecule has 40 heavy (non-hydrogen) atoms. The van der Waals surface area contributed by atoms with Crippen molar-refractivity contribution in [2.45, 2.75) is 36.8 Å². The smallest absolute Gasteiger partial charge is 0.508 e. The Morgan fingerprint density at radius 1 is 1.00 bits per heavy atom. The van der Waals surface area contributed by atoms with Gasteiger partial charge in [-0.25, -0.2) is 0 Å². The van der Waals surface area contributed by atoms with Crippen LogP contribution in [0.4, 0.5) is 0 Å². The molecule has 214 valence electrons. The third-order valence-electron chi connectivity index (χ3n) is 6.68. The van der Waals surface area contributed by atoms with Gasteiger partial charge in [-0.05, 0) is 12.1 Å². The summed E-state index contributed by atoms with van der Waals surface area (Å²) in [5, 5.41) is 71.4. The third kappa shape index (κ3) is 4.51. The van der Waals surface area contributed by atoms with Gasteiger partial charge in [-0.15, -0.1) is 0 Å². The molecule has 0 saturated carbocycles. The van der Waals surface area contributed by atoms with E-state index in [4.69, 9.17) is 28.4 Å². The number of rotatable bonds is 7. The van der Waals surface area contributed by atoms with Crippen molar-refractivity contribution < 1.29 is 69.0 Å². The Balaban J connectivity index is 1.73. The first-order valence-corrected chi connectivity index (χ1v) is 11.9. The SMILES string of the molecule is COc1cc(C2=C(OC3OC(CO)C(O)C(O)C3O)C3=C4C(=CC(O)=CC4O2)OC(C(O)=[OH+])=C3)cc(OC)c1O. The van der Waals surface area contributed by atoms with Crippen LogP contribution >= 0.6 is 0 Å². The number of aliphatic hydroxyl groups is 5. The van der Waals surface area contributed by atoms with E-state index < -0.39 is 55.1 Å². The summed E-state index contributed by atoms with van der Waals surface area (Å²) in [4.78, 5) is 9.81. The number of aromatic hydroxyl groups is 1. The van der Waals surface area contributed by atoms with Crippen LogP contribution in [-0.2, 0) is 18.9 Å². The van der Waals surface area contributed by atoms with Gasteiger partial charge in [0.1, 0.15) is 35.9 Å². The number of phenolic OH excluding ortho intramolecular Hbond substituents is 1. The first-order valence-electron chi connectivity index (χ1n) is 11.9. The molecule has 0 bridgehead atoms. The van der Waals surface area contributed by atoms with E-state index in [1.807, 2.05) is 0 Å². The number of hydrogen-bond acceptors (Lipinski definition) is 12. The van der Waals surface area contributed by atoms with Crippen LogP contribution in [0, 0.1) is 0 Å². The van der Waals surface area contributed by atoms with Crippen LogP contribution in [0.15, 0.2) is 64.5 Å². The average Bonchev–Trinajstić information content (AvgIpc) is 2.93. The van der Waals surface area contributed by atoms with Crippen molar-refractivity contribution in [1.29, 1.82) is 0 Å². The van der Waals surface area contributed by atoms with Crippen molar-refractivity contribution in [3.05, 3.63) is 70.1 Å². The molecule has 5 rings (SSSR count). The van der Waals surface area contributed by atoms with Gasteiger partial charge in [-0.3, -0.25) is 0 Å². The fourth-order valence-electron chi connectivity index (χ4n) is 4.68. The number of benzene rings is 1. The highest BCUT2D eigenvalue weighted by Gasteiger charge is 2.47. The van der Waals surface area contributed by atoms with E-state index in [0.29, 0.717) is 5.57 Å². The molecule has 4 aliphatic rings. The largest absolute Gasteiger partial charge is 0.552 e. The van der Waals surface area contributed by atoms with Crippen LogP contribution in [-0.4, -0.2) is 104 Å². The quantitative estimate of drug-likeness (QED) is 0.216. The number of carboxylic acids is 1. The molecular formula is C26H27O14+. The Bertz CT molecular complexity index is 1360. The summed E-state index contributed by atoms with van der Waals surface area (Å²) in [6, 6.07) is 2.77. The van der Waals surface area contributed by atoms with Crippen LogP contribution in [0.2, 0.25) is 0 Å². The van der Waals surface area contributed by atoms with Crippen LogP contribution in [0.3, 0.4) is 0 Å². The van der Waals surface area contributed by atoms with E-state index in [1.165, 1.54) is 44.6 Å². The second-order valence-corrected chi connectivity index (χ2v) is 9.10. The van der Waals surface area contributed by atoms with Gasteiger partial charge < -0.3 is 69.0 Å². The number of ether oxygens (including phenoxy) is 6. The van der Waals surface area contributed by atoms with Gasteiger partial charge in [0.25, 0.3) is 5.76 Å². The number of aliphatic carboxylic acids is 1. The molecule has 3 heterocycles. The molecule has 1 aromatic carbocycles. The molecule has 0 amide bonds. The molecule has 0 spiro atoms. The molecule has 6 unspecified atom stereocenters. The first kappa shape index (κ1) is 27.4. The van der Waals surface area contributed by atoms with Crippen molar-refractivity contribution in [2.75, 3.05) is 20.8 Å². The van der Waals surface area contributed by atoms with Gasteiger partial charge in [0.2, 0.25) is 12.0 Å². The lowest BCUT2D eigenvalue weighted by Gasteiger charge is -2.41. The molecule has 1 aliphatic carbocycles. The molecular weight excluding hydrogens is 536 g/mol. The van der Waals surface area contributed by atoms with E-state index >= 15 is 0 Å². The van der Waals surface area contributed by atoms with Gasteiger partial charge in [-0.2, -0.15) is 0 Å². The van der Waals surface area contributed by atoms with Crippen molar-refractivity contribution in [3.63, 3.8) is 0 Å². The number of allylic oxidation sites excluding steroid dienone is 2. The summed E-state index contributed by atoms with van der Waals surface area (Å²) in [5.41, 5.74) is 0.648. The Morgan fingerprint density at radius 3 is 2.27 bits per heavy atom. The average molecular weight is 563 g/mol. The lowest BCUT2D eigenvalue weighted by molar-refractivity contribution is -0.290. The Kier molecular flexibility index (Phi) is 7.12. The highest BCUT2D eigenvalue weighted by molar-refractivity contribution is 5.88. The lowest BCUT2D eigenvalue weighted by Crippen LogP contribution is -2.59. The van der Waals surface area contributed by atoms with E-state index in [0.717, 1.165) is 0 Å². The molecule has 0 radical (unpaired) electrons. The number of carboxylic acid groups (broad SMARTS) is 1. The van der Waals surface area contributed by atoms with E-state index in [-0.39, 0.29) is 51.4 Å². The third-order valence-corrected chi connectivity index (χ3v) is 6.68. The molecule has 1 saturated heterocycles. The molecule has 8 N–H and O–H groups in total. The summed E-state index contributed by atoms with van der Waals surface area (Å²) >= 11 is 0. The minimum atomic E-state index is -1.80. The van der Waals surface area contributed by atoms with E-state index in [9.17, 15) is 40.5 Å². The van der Waals surface area contributed by atoms with Crippen molar-refractivity contribution in [1.82, 2.24) is 0 Å². The van der Waals surface area contributed by atoms with Crippen molar-refractivity contribution in [3.8, 4) is 17.2 Å². The maximum Gasteiger partial charge on any atom is 0.552 e. The fraction of sp³-hybridized carbons (Fsp3) is 0.346. The zero-order valence-corrected chi connectivity index (χ0v) is 21.1. The molecule has 6 atom stereocenters. The predicted octanol–water partition coefficient (Wildman–Crippen LogP) is -0.0962. The standard InChI is InChI=1S/C26H26O14/c1-35-14-3-9(4-15(36-2)19(14)29)23-24(40-26-22(32)21(31)20(30)17(8-27)39-26)11-7-16(25(33)34)37-12-5-10(28)6-13(38-23)18(11)12/h3-7,13,17,20-22,26-32H,8H2,1-2H3,(H,33,34)/p+1. The fourth-order valence-corrected chi connectivity index (χ4v) is 4.68. The van der Waals surface area contributed by atoms with Gasteiger partial charge in [0.05, 0.1) is 26.4 Å². The number of methoxy groups -OCH3 is 2. The maximum absolute atomic E-state index is 10.7. The highest BCUT2D eigenvalue weighted by Crippen LogP contribution is 2.48. The Hall–Kier alpha value is -4.21. The summed E-state index contributed by atoms with van der Waals surface area (Å²) in [5.74, 6) is -2.44. The van der Waals surface area contributed by atoms with Crippen LogP contribution < -0.4 is 9.47 Å². The number of aliphatic hydroxyl groups excluding tert-OH is 6. The van der Waals surface area contributed by atoms with Crippen LogP contribution in [0.25, 0.3) is 5.76 Å². The molecule has 0 aromatic heterocycles. The number of phenols is 1. The molecule has 14 nitrogen and oxygen atoms in total.